The summed E-state index contributed by atoms with van der Waals surface area (Å²) in [7, 11) is 3.18. The zero-order valence-corrected chi connectivity index (χ0v) is 22.0. The molecule has 3 heterocycles. The number of rotatable bonds is 6. The molecule has 0 saturated heterocycles. The Hall–Kier alpha value is -4.92. The van der Waals surface area contributed by atoms with Crippen LogP contribution in [0, 0.1) is 0 Å². The number of anilines is 3. The van der Waals surface area contributed by atoms with Gasteiger partial charge >= 0.3 is 5.97 Å². The van der Waals surface area contributed by atoms with Gasteiger partial charge in [-0.2, -0.15) is 0 Å². The van der Waals surface area contributed by atoms with Gasteiger partial charge in [0, 0.05) is 17.2 Å². The third-order valence-corrected chi connectivity index (χ3v) is 6.98. The molecule has 1 N–H and O–H groups in total. The van der Waals surface area contributed by atoms with Crippen LogP contribution in [-0.4, -0.2) is 31.6 Å². The van der Waals surface area contributed by atoms with Gasteiger partial charge in [0.15, 0.2) is 0 Å². The number of methoxy groups -OCH3 is 2. The summed E-state index contributed by atoms with van der Waals surface area (Å²) in [6.07, 6.45) is 1.41. The Kier molecular flexibility index (Phi) is 5.71. The molecule has 0 bridgehead atoms. The molecule has 0 atom stereocenters. The summed E-state index contributed by atoms with van der Waals surface area (Å²) in [6.45, 7) is 4.17. The lowest BCUT2D eigenvalue weighted by molar-refractivity contribution is -0.122. The molecule has 2 aliphatic heterocycles. The molecule has 2 aliphatic rings. The van der Waals surface area contributed by atoms with Crippen molar-refractivity contribution in [3.8, 4) is 28.4 Å². The lowest BCUT2D eigenvalue weighted by Gasteiger charge is -2.41. The van der Waals surface area contributed by atoms with Crippen LogP contribution in [0.3, 0.4) is 0 Å². The first kappa shape index (κ1) is 24.4. The zero-order valence-electron chi connectivity index (χ0n) is 22.0. The number of hydrazine groups is 1. The van der Waals surface area contributed by atoms with E-state index in [4.69, 9.17) is 18.6 Å². The first-order valence-corrected chi connectivity index (χ1v) is 12.5. The summed E-state index contributed by atoms with van der Waals surface area (Å²) in [4.78, 5) is 26.2. The third kappa shape index (κ3) is 3.94. The van der Waals surface area contributed by atoms with E-state index in [1.54, 1.807) is 43.5 Å². The van der Waals surface area contributed by atoms with Crippen molar-refractivity contribution in [2.45, 2.75) is 25.9 Å². The number of ether oxygens (including phenoxy) is 3. The van der Waals surface area contributed by atoms with E-state index in [2.05, 4.69) is 5.32 Å². The number of para-hydroxylation sites is 2. The lowest BCUT2D eigenvalue weighted by atomic mass is 9.93. The van der Waals surface area contributed by atoms with Crippen molar-refractivity contribution in [3.63, 3.8) is 0 Å². The molecule has 39 heavy (non-hydrogen) atoms. The van der Waals surface area contributed by atoms with Gasteiger partial charge in [-0.25, -0.2) is 9.80 Å². The molecule has 1 aromatic heterocycles. The molecule has 9 nitrogen and oxygen atoms in total. The van der Waals surface area contributed by atoms with E-state index in [0.29, 0.717) is 23.8 Å². The average molecular weight is 526 g/mol. The summed E-state index contributed by atoms with van der Waals surface area (Å²) >= 11 is 0. The Labute approximate surface area is 225 Å². The Bertz CT molecular complexity index is 1590. The highest BCUT2D eigenvalue weighted by Gasteiger charge is 2.47. The number of hydrogen-bond donors (Lipinski definition) is 1. The van der Waals surface area contributed by atoms with Gasteiger partial charge in [-0.3, -0.25) is 9.80 Å². The maximum absolute atomic E-state index is 13.8. The van der Waals surface area contributed by atoms with Crippen LogP contribution in [-0.2, 0) is 11.3 Å². The predicted molar refractivity (Wildman–Crippen MR) is 146 cm³/mol. The number of carbonyl (C=O) groups is 2. The predicted octanol–water partition coefficient (Wildman–Crippen LogP) is 5.66. The summed E-state index contributed by atoms with van der Waals surface area (Å²) in [5.41, 5.74) is 4.27. The number of amides is 1. The van der Waals surface area contributed by atoms with Crippen molar-refractivity contribution in [2.75, 3.05) is 29.6 Å². The van der Waals surface area contributed by atoms with E-state index >= 15 is 0 Å². The molecule has 6 rings (SSSR count). The number of benzene rings is 3. The van der Waals surface area contributed by atoms with Crippen LogP contribution in [0.25, 0.3) is 11.1 Å². The molecule has 0 unspecified atom stereocenters. The van der Waals surface area contributed by atoms with Gasteiger partial charge in [0.1, 0.15) is 28.5 Å². The van der Waals surface area contributed by atoms with Gasteiger partial charge in [0.25, 0.3) is 5.91 Å². The first-order valence-electron chi connectivity index (χ1n) is 12.5. The Morgan fingerprint density at radius 2 is 1.72 bits per heavy atom. The van der Waals surface area contributed by atoms with Crippen LogP contribution in [0.2, 0.25) is 0 Å². The van der Waals surface area contributed by atoms with Crippen molar-refractivity contribution in [1.82, 2.24) is 0 Å². The van der Waals surface area contributed by atoms with Gasteiger partial charge in [-0.1, -0.05) is 18.2 Å². The fourth-order valence-corrected chi connectivity index (χ4v) is 5.14. The van der Waals surface area contributed by atoms with Crippen LogP contribution >= 0.6 is 0 Å². The average Bonchev–Trinajstić information content (AvgIpc) is 3.61. The highest BCUT2D eigenvalue weighted by Crippen LogP contribution is 2.51. The van der Waals surface area contributed by atoms with Gasteiger partial charge < -0.3 is 23.9 Å². The fraction of sp³-hybridized carbons (Fsp3) is 0.200. The van der Waals surface area contributed by atoms with Crippen molar-refractivity contribution >= 4 is 28.9 Å². The van der Waals surface area contributed by atoms with E-state index in [0.717, 1.165) is 33.8 Å². The smallest absolute Gasteiger partial charge is 0.379 e. The Balaban J connectivity index is 1.45. The molecular weight excluding hydrogens is 498 g/mol. The SMILES string of the molecule is COc1cc(OC(=O)c2ccco2)ccc1-c1ccc2c3c1CN(c1ccccc1OC)N3C(=O)C(C)(C)N2. The maximum Gasteiger partial charge on any atom is 0.379 e. The number of nitrogens with zero attached hydrogens (tertiary/aromatic N) is 2. The second kappa shape index (κ2) is 9.13. The van der Waals surface area contributed by atoms with Gasteiger partial charge in [-0.05, 0) is 61.9 Å². The van der Waals surface area contributed by atoms with Crippen LogP contribution < -0.4 is 29.5 Å². The molecule has 4 aromatic rings. The number of hydrogen-bond acceptors (Lipinski definition) is 8. The second-order valence-electron chi connectivity index (χ2n) is 9.81. The first-order chi connectivity index (χ1) is 18.8. The van der Waals surface area contributed by atoms with Crippen LogP contribution in [0.15, 0.2) is 77.4 Å². The zero-order chi connectivity index (χ0) is 27.3. The molecular formula is C30H27N3O6. The topological polar surface area (TPSA) is 93.5 Å². The maximum atomic E-state index is 13.8. The minimum absolute atomic E-state index is 0.0797. The summed E-state index contributed by atoms with van der Waals surface area (Å²) in [5, 5.41) is 7.10. The van der Waals surface area contributed by atoms with Crippen molar-refractivity contribution in [2.24, 2.45) is 0 Å². The number of nitrogens with one attached hydrogen (secondary N) is 1. The van der Waals surface area contributed by atoms with Crippen molar-refractivity contribution in [1.29, 1.82) is 0 Å². The van der Waals surface area contributed by atoms with Gasteiger partial charge in [0.05, 0.1) is 38.4 Å². The lowest BCUT2D eigenvalue weighted by Crippen LogP contribution is -2.57. The van der Waals surface area contributed by atoms with Crippen LogP contribution in [0.4, 0.5) is 17.1 Å². The minimum Gasteiger partial charge on any atom is -0.496 e. The quantitative estimate of drug-likeness (QED) is 0.255. The Morgan fingerprint density at radius 3 is 2.46 bits per heavy atom. The van der Waals surface area contributed by atoms with Crippen molar-refractivity contribution in [3.05, 3.63) is 84.3 Å². The standard InChI is InChI=1S/C30H27N3O6/c1-30(2)29(35)33-27-21(17-32(33)23-8-5-6-9-24(23)36-3)19(13-14-22(27)31-30)20-12-11-18(16-26(20)37-4)39-28(34)25-10-7-15-38-25/h5-16,31H,17H2,1-4H3. The molecule has 1 amide bonds. The van der Waals surface area contributed by atoms with E-state index in [1.165, 1.54) is 6.26 Å². The summed E-state index contributed by atoms with van der Waals surface area (Å²) in [5.74, 6) is 0.938. The molecule has 0 spiro atoms. The summed E-state index contributed by atoms with van der Waals surface area (Å²) in [6, 6.07) is 20.0. The van der Waals surface area contributed by atoms with E-state index in [-0.39, 0.29) is 11.7 Å². The normalized spacial score (nSPS) is 15.0. The minimum atomic E-state index is -0.812. The molecule has 198 valence electrons. The highest BCUT2D eigenvalue weighted by molar-refractivity contribution is 6.12. The van der Waals surface area contributed by atoms with E-state index < -0.39 is 11.5 Å². The molecule has 0 aliphatic carbocycles. The summed E-state index contributed by atoms with van der Waals surface area (Å²) < 4.78 is 22.0. The number of esters is 1. The van der Waals surface area contributed by atoms with E-state index in [9.17, 15) is 9.59 Å². The van der Waals surface area contributed by atoms with Crippen molar-refractivity contribution < 1.29 is 28.2 Å². The number of carbonyl (C=O) groups excluding carboxylic acids is 2. The van der Waals surface area contributed by atoms with Crippen LogP contribution in [0.1, 0.15) is 30.0 Å². The molecule has 0 radical (unpaired) electrons. The Morgan fingerprint density at radius 1 is 0.949 bits per heavy atom. The van der Waals surface area contributed by atoms with E-state index in [1.807, 2.05) is 61.3 Å². The highest BCUT2D eigenvalue weighted by atomic mass is 16.5. The number of furan rings is 1. The molecule has 0 saturated carbocycles. The largest absolute Gasteiger partial charge is 0.496 e. The molecule has 9 heteroatoms. The second-order valence-corrected chi connectivity index (χ2v) is 9.81. The molecule has 0 fully saturated rings. The molecule has 3 aromatic carbocycles. The van der Waals surface area contributed by atoms with Crippen LogP contribution in [0.5, 0.6) is 17.2 Å². The van der Waals surface area contributed by atoms with Gasteiger partial charge in [0.2, 0.25) is 5.76 Å². The monoisotopic (exact) mass is 525 g/mol. The fourth-order valence-electron chi connectivity index (χ4n) is 5.14. The van der Waals surface area contributed by atoms with Gasteiger partial charge in [-0.15, -0.1) is 0 Å². The third-order valence-electron chi connectivity index (χ3n) is 6.98.